The fourth-order valence-corrected chi connectivity index (χ4v) is 0.423. The molecule has 0 amide bonds. The zero-order valence-electron chi connectivity index (χ0n) is 6.14. The molecule has 0 fully saturated rings. The Labute approximate surface area is 76.1 Å². The summed E-state index contributed by atoms with van der Waals surface area (Å²) in [5, 5.41) is 0. The Morgan fingerprint density at radius 2 is 2.11 bits per heavy atom. The summed E-state index contributed by atoms with van der Waals surface area (Å²) in [6.45, 7) is 2.04. The van der Waals surface area contributed by atoms with Crippen molar-refractivity contribution in [2.75, 3.05) is 7.11 Å². The topological polar surface area (TPSA) is 26.3 Å². The van der Waals surface area contributed by atoms with Gasteiger partial charge in [0.2, 0.25) is 0 Å². The Hall–Kier alpha value is 0.392. The summed E-state index contributed by atoms with van der Waals surface area (Å²) < 4.78 is 4.41. The first-order valence-corrected chi connectivity index (χ1v) is 2.88. The summed E-state index contributed by atoms with van der Waals surface area (Å²) in [6, 6.07) is 0. The van der Waals surface area contributed by atoms with E-state index in [1.165, 1.54) is 7.11 Å². The first kappa shape index (κ1) is 12.1. The third kappa shape index (κ3) is 8.39. The fraction of sp³-hybridized carbons (Fsp3) is 0.833. The number of unbranched alkanes of at least 4 members (excludes halogenated alkanes) is 1. The predicted molar refractivity (Wildman–Crippen MR) is 40.1 cm³/mol. The Bertz CT molecular complexity index is 73.5. The summed E-state index contributed by atoms with van der Waals surface area (Å²) >= 11 is 0. The van der Waals surface area contributed by atoms with Gasteiger partial charge in [0.1, 0.15) is 0 Å². The van der Waals surface area contributed by atoms with E-state index in [9.17, 15) is 4.79 Å². The average molecular weight is 325 g/mol. The molecular formula is C6H14O2Pb. The molecule has 9 heavy (non-hydrogen) atoms. The number of methoxy groups -OCH3 is 1. The molecule has 0 N–H and O–H groups in total. The Morgan fingerprint density at radius 1 is 1.56 bits per heavy atom. The molecule has 2 radical (unpaired) electrons. The zero-order valence-corrected chi connectivity index (χ0v) is 11.6. The molecule has 0 rings (SSSR count). The minimum atomic E-state index is -0.105. The summed E-state index contributed by atoms with van der Waals surface area (Å²) in [7, 11) is 1.41. The summed E-state index contributed by atoms with van der Waals surface area (Å²) in [4.78, 5) is 10.3. The maximum absolute atomic E-state index is 10.3. The number of hydrogen-bond donors (Lipinski definition) is 0. The van der Waals surface area contributed by atoms with Gasteiger partial charge < -0.3 is 4.74 Å². The van der Waals surface area contributed by atoms with Gasteiger partial charge in [-0.2, -0.15) is 0 Å². The third-order valence-electron chi connectivity index (χ3n) is 0.962. The summed E-state index contributed by atoms with van der Waals surface area (Å²) in [6.07, 6.45) is 2.55. The summed E-state index contributed by atoms with van der Waals surface area (Å²) in [5.41, 5.74) is 0. The van der Waals surface area contributed by atoms with E-state index in [0.29, 0.717) is 6.42 Å². The fourth-order valence-electron chi connectivity index (χ4n) is 0.423. The number of carbonyl (C=O) groups excluding carboxylic acids is 1. The first-order valence-electron chi connectivity index (χ1n) is 2.88. The van der Waals surface area contributed by atoms with Gasteiger partial charge in [-0.1, -0.05) is 13.3 Å². The molecule has 0 saturated carbocycles. The molecule has 0 saturated heterocycles. The minimum absolute atomic E-state index is 0. The van der Waals surface area contributed by atoms with Crippen molar-refractivity contribution in [3.8, 4) is 0 Å². The summed E-state index contributed by atoms with van der Waals surface area (Å²) in [5.74, 6) is -0.105. The molecule has 0 aliphatic carbocycles. The van der Waals surface area contributed by atoms with Crippen LogP contribution in [-0.4, -0.2) is 40.4 Å². The molecule has 0 bridgehead atoms. The van der Waals surface area contributed by atoms with Crippen LogP contribution in [-0.2, 0) is 9.53 Å². The normalized spacial score (nSPS) is 7.78. The zero-order chi connectivity index (χ0) is 6.41. The number of ether oxygens (including phenoxy) is 1. The van der Waals surface area contributed by atoms with Crippen molar-refractivity contribution in [1.82, 2.24) is 0 Å². The van der Waals surface area contributed by atoms with E-state index in [-0.39, 0.29) is 33.3 Å². The molecule has 0 aromatic carbocycles. The van der Waals surface area contributed by atoms with E-state index in [4.69, 9.17) is 0 Å². The van der Waals surface area contributed by atoms with E-state index in [0.717, 1.165) is 12.8 Å². The number of hydrogen-bond acceptors (Lipinski definition) is 2. The third-order valence-corrected chi connectivity index (χ3v) is 0.962. The van der Waals surface area contributed by atoms with Crippen molar-refractivity contribution < 1.29 is 9.53 Å². The molecule has 0 aliphatic heterocycles. The molecular weight excluding hydrogens is 311 g/mol. The van der Waals surface area contributed by atoms with Crippen molar-refractivity contribution in [2.24, 2.45) is 0 Å². The van der Waals surface area contributed by atoms with Crippen molar-refractivity contribution in [3.05, 3.63) is 0 Å². The van der Waals surface area contributed by atoms with Gasteiger partial charge in [0.15, 0.2) is 0 Å². The van der Waals surface area contributed by atoms with Crippen LogP contribution in [0.25, 0.3) is 0 Å². The molecule has 54 valence electrons. The molecule has 0 aromatic rings. The van der Waals surface area contributed by atoms with Crippen molar-refractivity contribution in [1.29, 1.82) is 0 Å². The Morgan fingerprint density at radius 3 is 2.44 bits per heavy atom. The molecule has 0 spiro atoms. The van der Waals surface area contributed by atoms with Gasteiger partial charge in [-0.3, -0.25) is 4.79 Å². The number of carbonyl (C=O) groups is 1. The van der Waals surface area contributed by atoms with Gasteiger partial charge in [0.25, 0.3) is 0 Å². The van der Waals surface area contributed by atoms with E-state index >= 15 is 0 Å². The van der Waals surface area contributed by atoms with E-state index in [1.807, 2.05) is 6.92 Å². The van der Waals surface area contributed by atoms with E-state index in [2.05, 4.69) is 4.74 Å². The van der Waals surface area contributed by atoms with E-state index in [1.54, 1.807) is 0 Å². The second-order valence-corrected chi connectivity index (χ2v) is 1.68. The van der Waals surface area contributed by atoms with Gasteiger partial charge in [0.05, 0.1) is 7.11 Å². The number of rotatable bonds is 3. The van der Waals surface area contributed by atoms with Crippen molar-refractivity contribution in [3.63, 3.8) is 0 Å². The molecule has 3 heteroatoms. The Balaban J connectivity index is 0. The van der Waals surface area contributed by atoms with Gasteiger partial charge in [0, 0.05) is 6.42 Å². The monoisotopic (exact) mass is 326 g/mol. The second kappa shape index (κ2) is 8.39. The van der Waals surface area contributed by atoms with Crippen LogP contribution in [0.1, 0.15) is 26.2 Å². The number of esters is 1. The van der Waals surface area contributed by atoms with Gasteiger partial charge in [-0.05, 0) is 6.42 Å². The van der Waals surface area contributed by atoms with Crippen LogP contribution < -0.4 is 0 Å². The van der Waals surface area contributed by atoms with Gasteiger partial charge in [-0.25, -0.2) is 0 Å². The van der Waals surface area contributed by atoms with Crippen LogP contribution in [0.5, 0.6) is 0 Å². The molecule has 0 unspecified atom stereocenters. The van der Waals surface area contributed by atoms with Crippen LogP contribution in [0.2, 0.25) is 0 Å². The van der Waals surface area contributed by atoms with Crippen molar-refractivity contribution in [2.45, 2.75) is 26.2 Å². The predicted octanol–water partition coefficient (Wildman–Crippen LogP) is 0.433. The van der Waals surface area contributed by atoms with Crippen molar-refractivity contribution >= 4 is 33.3 Å². The van der Waals surface area contributed by atoms with Crippen LogP contribution >= 0.6 is 0 Å². The molecule has 0 aliphatic rings. The van der Waals surface area contributed by atoms with Crippen LogP contribution in [0.15, 0.2) is 0 Å². The second-order valence-electron chi connectivity index (χ2n) is 1.68. The average Bonchev–Trinajstić information content (AvgIpc) is 1.83. The van der Waals surface area contributed by atoms with E-state index < -0.39 is 0 Å². The van der Waals surface area contributed by atoms with Gasteiger partial charge in [-0.15, -0.1) is 0 Å². The molecule has 0 atom stereocenters. The molecule has 0 aromatic heterocycles. The first-order chi connectivity index (χ1) is 3.81. The Kier molecular flexibility index (Phi) is 11.3. The van der Waals surface area contributed by atoms with Crippen LogP contribution in [0, 0.1) is 0 Å². The van der Waals surface area contributed by atoms with Crippen LogP contribution in [0.4, 0.5) is 0 Å². The van der Waals surface area contributed by atoms with Crippen LogP contribution in [0.3, 0.4) is 0 Å². The molecule has 0 heterocycles. The molecule has 2 nitrogen and oxygen atoms in total. The SMILES string of the molecule is CCCCC(=O)OC.[PbH2]. The standard InChI is InChI=1S/C6H12O2.Pb.2H/c1-3-4-5-6(7)8-2;;;/h3-5H2,1-2H3;;;. The quantitative estimate of drug-likeness (QED) is 0.556. The maximum atomic E-state index is 10.3. The van der Waals surface area contributed by atoms with Gasteiger partial charge >= 0.3 is 33.3 Å².